The smallest absolute Gasteiger partial charge is 0.192 e. The number of nitrogens with one attached hydrogen (secondary N) is 1. The molecule has 0 saturated carbocycles. The molecule has 2 aromatic carbocycles. The molecule has 84 valence electrons. The molecule has 4 heteroatoms. The van der Waals surface area contributed by atoms with Crippen LogP contribution in [0.3, 0.4) is 0 Å². The summed E-state index contributed by atoms with van der Waals surface area (Å²) in [6, 6.07) is 14.3. The highest BCUT2D eigenvalue weighted by Crippen LogP contribution is 2.27. The number of benzene rings is 2. The lowest BCUT2D eigenvalue weighted by Gasteiger charge is -1.98. The van der Waals surface area contributed by atoms with E-state index in [4.69, 9.17) is 11.5 Å². The minimum atomic E-state index is 0.0564. The first kappa shape index (κ1) is 9.72. The first-order chi connectivity index (χ1) is 8.24. The summed E-state index contributed by atoms with van der Waals surface area (Å²) in [5.74, 6) is 0.734. The van der Waals surface area contributed by atoms with Gasteiger partial charge in [0.2, 0.25) is 0 Å². The van der Waals surface area contributed by atoms with Crippen LogP contribution in [-0.2, 0) is 0 Å². The van der Waals surface area contributed by atoms with Crippen LogP contribution in [0.2, 0.25) is 0 Å². The predicted molar refractivity (Wildman–Crippen MR) is 71.3 cm³/mol. The molecule has 17 heavy (non-hydrogen) atoms. The van der Waals surface area contributed by atoms with E-state index in [1.807, 2.05) is 18.2 Å². The van der Waals surface area contributed by atoms with Crippen LogP contribution in [0, 0.1) is 0 Å². The van der Waals surface area contributed by atoms with Crippen molar-refractivity contribution in [2.75, 3.05) is 0 Å². The van der Waals surface area contributed by atoms with E-state index < -0.39 is 0 Å². The molecule has 0 saturated heterocycles. The lowest BCUT2D eigenvalue weighted by molar-refractivity contribution is 1.34. The van der Waals surface area contributed by atoms with E-state index in [0.717, 1.165) is 10.9 Å². The maximum absolute atomic E-state index is 5.37. The average Bonchev–Trinajstić information content (AvgIpc) is 2.70. The van der Waals surface area contributed by atoms with Gasteiger partial charge in [0.05, 0.1) is 5.52 Å². The summed E-state index contributed by atoms with van der Waals surface area (Å²) in [6.07, 6.45) is 0. The summed E-state index contributed by atoms with van der Waals surface area (Å²) < 4.78 is 0. The van der Waals surface area contributed by atoms with Gasteiger partial charge < -0.3 is 16.5 Å². The molecular formula is C13H12N4. The van der Waals surface area contributed by atoms with Gasteiger partial charge >= 0.3 is 0 Å². The fourth-order valence-corrected chi connectivity index (χ4v) is 2.06. The van der Waals surface area contributed by atoms with E-state index >= 15 is 0 Å². The average molecular weight is 224 g/mol. The molecule has 0 radical (unpaired) electrons. The number of rotatable bonds is 1. The molecular weight excluding hydrogens is 212 g/mol. The molecule has 0 fully saturated rings. The van der Waals surface area contributed by atoms with E-state index in [-0.39, 0.29) is 5.96 Å². The third-order valence-electron chi connectivity index (χ3n) is 2.76. The minimum Gasteiger partial charge on any atom is -0.370 e. The largest absolute Gasteiger partial charge is 0.370 e. The van der Waals surface area contributed by atoms with Crippen molar-refractivity contribution in [3.63, 3.8) is 0 Å². The highest BCUT2D eigenvalue weighted by Gasteiger charge is 2.03. The monoisotopic (exact) mass is 224 g/mol. The van der Waals surface area contributed by atoms with E-state index in [1.165, 1.54) is 10.8 Å². The van der Waals surface area contributed by atoms with Crippen LogP contribution < -0.4 is 11.5 Å². The second kappa shape index (κ2) is 3.52. The Balaban J connectivity index is 2.35. The highest BCUT2D eigenvalue weighted by atomic mass is 15.0. The standard InChI is InChI=1S/C13H12N4/c14-13(15)17-11-7-9-6-5-8-3-1-2-4-10(8)12(9)16-11/h1-7,16H,(H4,14,15,17). The van der Waals surface area contributed by atoms with Crippen molar-refractivity contribution in [2.45, 2.75) is 0 Å². The van der Waals surface area contributed by atoms with E-state index in [0.29, 0.717) is 5.82 Å². The predicted octanol–water partition coefficient (Wildman–Crippen LogP) is 2.23. The maximum atomic E-state index is 5.37. The van der Waals surface area contributed by atoms with Crippen molar-refractivity contribution in [1.29, 1.82) is 0 Å². The molecule has 0 amide bonds. The minimum absolute atomic E-state index is 0.0564. The molecule has 0 aliphatic heterocycles. The Labute approximate surface area is 97.9 Å². The summed E-state index contributed by atoms with van der Waals surface area (Å²) in [7, 11) is 0. The summed E-state index contributed by atoms with van der Waals surface area (Å²) in [5.41, 5.74) is 11.8. The van der Waals surface area contributed by atoms with Gasteiger partial charge in [-0.2, -0.15) is 4.99 Å². The van der Waals surface area contributed by atoms with Gasteiger partial charge in [0.25, 0.3) is 0 Å². The Bertz CT molecular complexity index is 720. The number of aromatic nitrogens is 1. The Kier molecular flexibility index (Phi) is 2.01. The number of aromatic amines is 1. The second-order valence-corrected chi connectivity index (χ2v) is 3.94. The molecule has 0 bridgehead atoms. The fourth-order valence-electron chi connectivity index (χ4n) is 2.06. The Morgan fingerprint density at radius 2 is 1.76 bits per heavy atom. The summed E-state index contributed by atoms with van der Waals surface area (Å²) in [4.78, 5) is 7.24. The van der Waals surface area contributed by atoms with Crippen molar-refractivity contribution >= 4 is 33.5 Å². The van der Waals surface area contributed by atoms with Crippen LogP contribution >= 0.6 is 0 Å². The van der Waals surface area contributed by atoms with Gasteiger partial charge in [0.1, 0.15) is 5.82 Å². The van der Waals surface area contributed by atoms with Gasteiger partial charge in [-0.1, -0.05) is 36.4 Å². The van der Waals surface area contributed by atoms with Crippen LogP contribution in [0.4, 0.5) is 5.82 Å². The number of aliphatic imine (C=N–C) groups is 1. The van der Waals surface area contributed by atoms with Crippen LogP contribution in [0.15, 0.2) is 47.5 Å². The van der Waals surface area contributed by atoms with Crippen molar-refractivity contribution in [3.8, 4) is 0 Å². The van der Waals surface area contributed by atoms with Gasteiger partial charge in [0, 0.05) is 10.8 Å². The summed E-state index contributed by atoms with van der Waals surface area (Å²) in [5, 5.41) is 3.46. The number of hydrogen-bond donors (Lipinski definition) is 3. The highest BCUT2D eigenvalue weighted by molar-refractivity contribution is 6.06. The molecule has 0 aliphatic carbocycles. The molecule has 4 nitrogen and oxygen atoms in total. The molecule has 0 unspecified atom stereocenters. The molecule has 0 spiro atoms. The number of guanidine groups is 1. The van der Waals surface area contributed by atoms with Crippen LogP contribution in [0.25, 0.3) is 21.7 Å². The number of nitrogens with zero attached hydrogens (tertiary/aromatic N) is 1. The summed E-state index contributed by atoms with van der Waals surface area (Å²) >= 11 is 0. The first-order valence-electron chi connectivity index (χ1n) is 5.34. The van der Waals surface area contributed by atoms with Gasteiger partial charge in [-0.15, -0.1) is 0 Å². The molecule has 3 rings (SSSR count). The first-order valence-corrected chi connectivity index (χ1v) is 5.34. The normalized spacial score (nSPS) is 10.8. The zero-order valence-corrected chi connectivity index (χ0v) is 9.14. The van der Waals surface area contributed by atoms with E-state index in [9.17, 15) is 0 Å². The maximum Gasteiger partial charge on any atom is 0.192 e. The Hall–Kier alpha value is -2.49. The van der Waals surface area contributed by atoms with Crippen molar-refractivity contribution in [3.05, 3.63) is 42.5 Å². The third kappa shape index (κ3) is 1.59. The molecule has 1 aromatic heterocycles. The number of nitrogens with two attached hydrogens (primary N) is 2. The van der Waals surface area contributed by atoms with Crippen molar-refractivity contribution in [2.24, 2.45) is 16.5 Å². The quantitative estimate of drug-likeness (QED) is 0.437. The Morgan fingerprint density at radius 1 is 1.00 bits per heavy atom. The van der Waals surface area contributed by atoms with Crippen LogP contribution in [0.5, 0.6) is 0 Å². The molecule has 0 atom stereocenters. The topological polar surface area (TPSA) is 80.2 Å². The Morgan fingerprint density at radius 3 is 2.59 bits per heavy atom. The number of hydrogen-bond acceptors (Lipinski definition) is 1. The second-order valence-electron chi connectivity index (χ2n) is 3.94. The van der Waals surface area contributed by atoms with Crippen molar-refractivity contribution in [1.82, 2.24) is 4.98 Å². The zero-order chi connectivity index (χ0) is 11.8. The number of fused-ring (bicyclic) bond motifs is 3. The van der Waals surface area contributed by atoms with E-state index in [1.54, 1.807) is 0 Å². The van der Waals surface area contributed by atoms with Gasteiger partial charge in [-0.3, -0.25) is 0 Å². The lowest BCUT2D eigenvalue weighted by atomic mass is 10.1. The van der Waals surface area contributed by atoms with Gasteiger partial charge in [-0.25, -0.2) is 0 Å². The van der Waals surface area contributed by atoms with Gasteiger partial charge in [0.15, 0.2) is 5.96 Å². The van der Waals surface area contributed by atoms with Crippen molar-refractivity contribution < 1.29 is 0 Å². The zero-order valence-electron chi connectivity index (χ0n) is 9.14. The van der Waals surface area contributed by atoms with E-state index in [2.05, 4.69) is 34.2 Å². The van der Waals surface area contributed by atoms with Gasteiger partial charge in [-0.05, 0) is 11.5 Å². The summed E-state index contributed by atoms with van der Waals surface area (Å²) in [6.45, 7) is 0. The van der Waals surface area contributed by atoms with Crippen LogP contribution in [-0.4, -0.2) is 10.9 Å². The number of H-pyrrole nitrogens is 1. The van der Waals surface area contributed by atoms with Crippen LogP contribution in [0.1, 0.15) is 0 Å². The lowest BCUT2D eigenvalue weighted by Crippen LogP contribution is -2.21. The third-order valence-corrected chi connectivity index (χ3v) is 2.76. The SMILES string of the molecule is NC(N)=Nc1cc2ccc3ccccc3c2[nH]1. The molecule has 5 N–H and O–H groups in total. The fraction of sp³-hybridized carbons (Fsp3) is 0. The molecule has 1 heterocycles. The molecule has 0 aliphatic rings. The molecule has 3 aromatic rings.